The van der Waals surface area contributed by atoms with Crippen LogP contribution in [0.5, 0.6) is 0 Å². The van der Waals surface area contributed by atoms with Gasteiger partial charge in [0.15, 0.2) is 11.6 Å². The summed E-state index contributed by atoms with van der Waals surface area (Å²) in [6.07, 6.45) is 0.750. The fourth-order valence-corrected chi connectivity index (χ4v) is 2.51. The van der Waals surface area contributed by atoms with E-state index in [2.05, 4.69) is 58.1 Å². The molecule has 154 valence electrons. The van der Waals surface area contributed by atoms with E-state index in [1.807, 2.05) is 24.3 Å². The van der Waals surface area contributed by atoms with Crippen LogP contribution >= 0.6 is 22.6 Å². The van der Waals surface area contributed by atoms with Crippen LogP contribution in [-0.2, 0) is 4.79 Å². The zero-order valence-corrected chi connectivity index (χ0v) is 18.2. The van der Waals surface area contributed by atoms with Gasteiger partial charge in [0.2, 0.25) is 17.7 Å². The maximum Gasteiger partial charge on any atom is 0.245 e. The van der Waals surface area contributed by atoms with Gasteiger partial charge in [0.1, 0.15) is 5.82 Å². The lowest BCUT2D eigenvalue weighted by Crippen LogP contribution is -2.06. The molecular weight excluding hydrogens is 504 g/mol. The Bertz CT molecular complexity index is 1040. The SMILES string of the molecule is CN(C)C=O.Fc1ccc(Nc2nc3nonc3nc2Nc2ccc(I)cc2)cc1. The largest absolute Gasteiger partial charge is 0.351 e. The number of aromatic nitrogens is 4. The van der Waals surface area contributed by atoms with Crippen molar-refractivity contribution >= 4 is 63.3 Å². The lowest BCUT2D eigenvalue weighted by Gasteiger charge is -2.11. The first-order valence-electron chi connectivity index (χ1n) is 8.62. The summed E-state index contributed by atoms with van der Waals surface area (Å²) >= 11 is 2.23. The van der Waals surface area contributed by atoms with Gasteiger partial charge in [-0.15, -0.1) is 0 Å². The van der Waals surface area contributed by atoms with Crippen molar-refractivity contribution < 1.29 is 13.8 Å². The number of carbonyl (C=O) groups is 1. The topological polar surface area (TPSA) is 109 Å². The molecule has 0 aliphatic rings. The van der Waals surface area contributed by atoms with Crippen LogP contribution in [-0.4, -0.2) is 45.7 Å². The Hall–Kier alpha value is -3.35. The number of fused-ring (bicyclic) bond motifs is 1. The molecule has 0 fully saturated rings. The molecule has 0 aliphatic carbocycles. The number of hydrogen-bond acceptors (Lipinski definition) is 8. The van der Waals surface area contributed by atoms with Gasteiger partial charge in [-0.05, 0) is 81.4 Å². The van der Waals surface area contributed by atoms with Gasteiger partial charge in [0.25, 0.3) is 0 Å². The minimum absolute atomic E-state index is 0.276. The fraction of sp³-hybridized carbons (Fsp3) is 0.105. The highest BCUT2D eigenvalue weighted by Crippen LogP contribution is 2.27. The van der Waals surface area contributed by atoms with E-state index in [4.69, 9.17) is 0 Å². The van der Waals surface area contributed by atoms with Gasteiger partial charge in [0.05, 0.1) is 0 Å². The van der Waals surface area contributed by atoms with Gasteiger partial charge in [-0.2, -0.15) is 0 Å². The molecule has 1 amide bonds. The molecule has 30 heavy (non-hydrogen) atoms. The van der Waals surface area contributed by atoms with Crippen LogP contribution in [0.4, 0.5) is 27.4 Å². The molecule has 0 bridgehead atoms. The summed E-state index contributed by atoms with van der Waals surface area (Å²) in [5.41, 5.74) is 2.07. The van der Waals surface area contributed by atoms with E-state index < -0.39 is 0 Å². The zero-order valence-electron chi connectivity index (χ0n) is 16.0. The van der Waals surface area contributed by atoms with E-state index in [0.717, 1.165) is 15.7 Å². The van der Waals surface area contributed by atoms with Crippen molar-refractivity contribution in [3.63, 3.8) is 0 Å². The number of nitrogens with one attached hydrogen (secondary N) is 2. The monoisotopic (exact) mass is 521 g/mol. The first-order chi connectivity index (χ1) is 14.4. The quantitative estimate of drug-likeness (QED) is 0.300. The Labute approximate surface area is 184 Å². The second-order valence-electron chi connectivity index (χ2n) is 6.17. The molecule has 0 saturated heterocycles. The average Bonchev–Trinajstić information content (AvgIpc) is 3.19. The second kappa shape index (κ2) is 9.91. The van der Waals surface area contributed by atoms with Crippen LogP contribution in [0.1, 0.15) is 0 Å². The van der Waals surface area contributed by atoms with E-state index in [1.54, 1.807) is 26.2 Å². The number of hydrogen-bond donors (Lipinski definition) is 2. The smallest absolute Gasteiger partial charge is 0.245 e. The Balaban J connectivity index is 0.000000461. The zero-order chi connectivity index (χ0) is 21.5. The average molecular weight is 521 g/mol. The van der Waals surface area contributed by atoms with Gasteiger partial charge >= 0.3 is 0 Å². The van der Waals surface area contributed by atoms with Gasteiger partial charge in [-0.1, -0.05) is 0 Å². The summed E-state index contributed by atoms with van der Waals surface area (Å²) in [5, 5.41) is 13.7. The molecule has 0 saturated carbocycles. The van der Waals surface area contributed by atoms with Crippen molar-refractivity contribution in [2.45, 2.75) is 0 Å². The molecule has 11 heteroatoms. The number of rotatable bonds is 5. The van der Waals surface area contributed by atoms with Crippen LogP contribution in [0.25, 0.3) is 11.3 Å². The molecule has 0 atom stereocenters. The standard InChI is InChI=1S/C16H10FIN6O.C3H7NO/c17-9-1-5-11(6-2-9)19-13-14(20-12-7-3-10(18)4-8-12)22-16-15(21-13)23-25-24-16;1-4(2)3-5/h1-8H,(H,19,21,23)(H,20,22,24);3H,1-2H3. The van der Waals surface area contributed by atoms with Gasteiger partial charge < -0.3 is 15.5 Å². The van der Waals surface area contributed by atoms with Gasteiger partial charge in [-0.25, -0.2) is 19.0 Å². The fourth-order valence-electron chi connectivity index (χ4n) is 2.15. The maximum absolute atomic E-state index is 13.1. The highest BCUT2D eigenvalue weighted by atomic mass is 127. The molecule has 2 aromatic carbocycles. The van der Waals surface area contributed by atoms with Crippen molar-refractivity contribution in [3.8, 4) is 0 Å². The van der Waals surface area contributed by atoms with E-state index in [-0.39, 0.29) is 17.1 Å². The third kappa shape index (κ3) is 5.83. The minimum Gasteiger partial charge on any atom is -0.351 e. The van der Waals surface area contributed by atoms with E-state index in [9.17, 15) is 9.18 Å². The summed E-state index contributed by atoms with van der Waals surface area (Å²) in [6.45, 7) is 0. The van der Waals surface area contributed by atoms with Crippen LogP contribution in [0.15, 0.2) is 53.2 Å². The number of carbonyl (C=O) groups excluding carboxylic acids is 1. The molecule has 0 aliphatic heterocycles. The summed E-state index contributed by atoms with van der Waals surface area (Å²) in [7, 11) is 3.38. The number of anilines is 4. The van der Waals surface area contributed by atoms with Crippen molar-refractivity contribution in [1.82, 2.24) is 25.2 Å². The van der Waals surface area contributed by atoms with E-state index in [0.29, 0.717) is 17.3 Å². The molecule has 9 nitrogen and oxygen atoms in total. The van der Waals surface area contributed by atoms with Gasteiger partial charge in [-0.3, -0.25) is 4.79 Å². The molecule has 2 heterocycles. The van der Waals surface area contributed by atoms with Crippen LogP contribution in [0.3, 0.4) is 0 Å². The first kappa shape index (κ1) is 21.4. The Morgan fingerprint density at radius 3 is 1.77 bits per heavy atom. The van der Waals surface area contributed by atoms with Crippen molar-refractivity contribution in [3.05, 3.63) is 57.9 Å². The summed E-state index contributed by atoms with van der Waals surface area (Å²) < 4.78 is 18.9. The van der Waals surface area contributed by atoms with Crippen LogP contribution < -0.4 is 10.6 Å². The highest BCUT2D eigenvalue weighted by molar-refractivity contribution is 14.1. The molecule has 0 spiro atoms. The minimum atomic E-state index is -0.315. The molecule has 4 aromatic rings. The van der Waals surface area contributed by atoms with Crippen molar-refractivity contribution in [2.24, 2.45) is 0 Å². The molecule has 2 N–H and O–H groups in total. The molecule has 4 rings (SSSR count). The van der Waals surface area contributed by atoms with Gasteiger partial charge in [0, 0.05) is 29.0 Å². The van der Waals surface area contributed by atoms with Crippen LogP contribution in [0, 0.1) is 9.39 Å². The maximum atomic E-state index is 13.1. The molecule has 0 unspecified atom stereocenters. The molecule has 2 aromatic heterocycles. The summed E-state index contributed by atoms with van der Waals surface area (Å²) in [4.78, 5) is 19.6. The lowest BCUT2D eigenvalue weighted by atomic mass is 10.3. The predicted octanol–water partition coefficient (Wildman–Crippen LogP) is 3.95. The van der Waals surface area contributed by atoms with Crippen molar-refractivity contribution in [1.29, 1.82) is 0 Å². The normalized spacial score (nSPS) is 10.1. The lowest BCUT2D eigenvalue weighted by molar-refractivity contribution is -0.115. The predicted molar refractivity (Wildman–Crippen MR) is 119 cm³/mol. The number of nitrogens with zero attached hydrogens (tertiary/aromatic N) is 5. The Kier molecular flexibility index (Phi) is 7.06. The Morgan fingerprint density at radius 1 is 0.900 bits per heavy atom. The van der Waals surface area contributed by atoms with E-state index >= 15 is 0 Å². The third-order valence-electron chi connectivity index (χ3n) is 3.54. The number of halogens is 2. The summed E-state index contributed by atoms with van der Waals surface area (Å²) in [6, 6.07) is 13.7. The highest BCUT2D eigenvalue weighted by Gasteiger charge is 2.13. The number of amides is 1. The molecule has 0 radical (unpaired) electrons. The Morgan fingerprint density at radius 2 is 1.33 bits per heavy atom. The van der Waals surface area contributed by atoms with Crippen LogP contribution in [0.2, 0.25) is 0 Å². The van der Waals surface area contributed by atoms with Crippen molar-refractivity contribution in [2.75, 3.05) is 24.7 Å². The first-order valence-corrected chi connectivity index (χ1v) is 9.69. The number of benzene rings is 2. The van der Waals surface area contributed by atoms with E-state index in [1.165, 1.54) is 17.0 Å². The third-order valence-corrected chi connectivity index (χ3v) is 4.26. The molecular formula is C19H17FIN7O2. The summed E-state index contributed by atoms with van der Waals surface area (Å²) in [5.74, 6) is 0.562. The second-order valence-corrected chi connectivity index (χ2v) is 7.41.